The van der Waals surface area contributed by atoms with E-state index in [0.29, 0.717) is 11.8 Å². The van der Waals surface area contributed by atoms with E-state index in [4.69, 9.17) is 4.74 Å². The van der Waals surface area contributed by atoms with E-state index in [1.54, 1.807) is 18.2 Å². The molecule has 2 saturated heterocycles. The summed E-state index contributed by atoms with van der Waals surface area (Å²) in [5.74, 6) is -0.186. The second-order valence-electron chi connectivity index (χ2n) is 5.77. The topological polar surface area (TPSA) is 50.7 Å². The number of hydrogen-bond donors (Lipinski definition) is 1. The van der Waals surface area contributed by atoms with Crippen molar-refractivity contribution in [2.45, 2.75) is 30.9 Å². The van der Waals surface area contributed by atoms with Gasteiger partial charge in [0.2, 0.25) is 5.91 Å². The summed E-state index contributed by atoms with van der Waals surface area (Å²) in [5.41, 5.74) is 0.249. The van der Waals surface area contributed by atoms with Crippen LogP contribution in [0.4, 0.5) is 10.1 Å². The number of benzene rings is 1. The summed E-state index contributed by atoms with van der Waals surface area (Å²) in [6, 6.07) is 6.31. The zero-order valence-corrected chi connectivity index (χ0v) is 13.3. The smallest absolute Gasteiger partial charge is 0.242 e. The van der Waals surface area contributed by atoms with Crippen LogP contribution < -0.4 is 5.32 Å². The minimum atomic E-state index is -0.558. The summed E-state index contributed by atoms with van der Waals surface area (Å²) in [6.07, 6.45) is 2.79. The average molecular weight is 322 g/mol. The van der Waals surface area contributed by atoms with Crippen LogP contribution in [-0.4, -0.2) is 29.0 Å². The summed E-state index contributed by atoms with van der Waals surface area (Å²) < 4.78 is 18.6. The van der Waals surface area contributed by atoms with Crippen molar-refractivity contribution in [1.82, 2.24) is 5.32 Å². The van der Waals surface area contributed by atoms with Crippen molar-refractivity contribution in [3.63, 3.8) is 0 Å². The quantitative estimate of drug-likeness (QED) is 0.909. The third-order valence-corrected chi connectivity index (χ3v) is 5.61. The van der Waals surface area contributed by atoms with E-state index >= 15 is 0 Å². The molecule has 118 valence electrons. The molecule has 3 rings (SSSR count). The normalized spacial score (nSPS) is 31.1. The molecule has 2 heterocycles. The molecule has 6 heteroatoms. The fourth-order valence-corrected chi connectivity index (χ4v) is 4.16. The van der Waals surface area contributed by atoms with E-state index in [1.807, 2.05) is 6.92 Å². The van der Waals surface area contributed by atoms with Gasteiger partial charge in [-0.3, -0.25) is 4.79 Å². The molecule has 0 bridgehead atoms. The first kappa shape index (κ1) is 15.5. The Bertz CT molecular complexity index is 600. The lowest BCUT2D eigenvalue weighted by molar-refractivity contribution is -0.122. The number of para-hydroxylation sites is 1. The maximum atomic E-state index is 13.7. The van der Waals surface area contributed by atoms with Gasteiger partial charge in [0.1, 0.15) is 16.3 Å². The van der Waals surface area contributed by atoms with Crippen LogP contribution >= 0.6 is 11.8 Å². The summed E-state index contributed by atoms with van der Waals surface area (Å²) in [6.45, 7) is 3.40. The molecule has 2 aliphatic heterocycles. The summed E-state index contributed by atoms with van der Waals surface area (Å²) in [5, 5.41) is 3.28. The molecule has 1 aromatic carbocycles. The van der Waals surface area contributed by atoms with Gasteiger partial charge in [0.15, 0.2) is 5.17 Å². The van der Waals surface area contributed by atoms with Crippen molar-refractivity contribution in [3.05, 3.63) is 30.1 Å². The molecule has 2 fully saturated rings. The Balaban J connectivity index is 1.81. The molecule has 1 aromatic rings. The van der Waals surface area contributed by atoms with E-state index < -0.39 is 4.75 Å². The highest BCUT2D eigenvalue weighted by atomic mass is 32.2. The number of nitrogens with one attached hydrogen (secondary N) is 1. The maximum absolute atomic E-state index is 13.7. The van der Waals surface area contributed by atoms with Gasteiger partial charge >= 0.3 is 0 Å². The SMILES string of the molecule is CC1(C2CCCOCC2)SC(=Nc2ccccc2F)NC1=O. The highest BCUT2D eigenvalue weighted by Crippen LogP contribution is 2.43. The van der Waals surface area contributed by atoms with Crippen LogP contribution in [0, 0.1) is 11.7 Å². The number of aliphatic imine (C=N–C) groups is 1. The largest absolute Gasteiger partial charge is 0.381 e. The summed E-state index contributed by atoms with van der Waals surface area (Å²) >= 11 is 1.41. The number of rotatable bonds is 2. The average Bonchev–Trinajstić information content (AvgIpc) is 2.71. The Kier molecular flexibility index (Phi) is 4.49. The third-order valence-electron chi connectivity index (χ3n) is 4.29. The Labute approximate surface area is 133 Å². The van der Waals surface area contributed by atoms with E-state index in [1.165, 1.54) is 17.8 Å². The van der Waals surface area contributed by atoms with Gasteiger partial charge in [-0.05, 0) is 44.2 Å². The zero-order chi connectivity index (χ0) is 15.6. The predicted octanol–water partition coefficient (Wildman–Crippen LogP) is 3.25. The highest BCUT2D eigenvalue weighted by molar-refractivity contribution is 8.16. The van der Waals surface area contributed by atoms with Gasteiger partial charge in [-0.2, -0.15) is 0 Å². The number of amides is 1. The van der Waals surface area contributed by atoms with Gasteiger partial charge in [-0.1, -0.05) is 23.9 Å². The van der Waals surface area contributed by atoms with Crippen molar-refractivity contribution >= 4 is 28.5 Å². The first-order valence-electron chi connectivity index (χ1n) is 7.51. The predicted molar refractivity (Wildman–Crippen MR) is 85.8 cm³/mol. The zero-order valence-electron chi connectivity index (χ0n) is 12.5. The number of carbonyl (C=O) groups is 1. The lowest BCUT2D eigenvalue weighted by Crippen LogP contribution is -2.40. The molecule has 2 atom stereocenters. The van der Waals surface area contributed by atoms with Gasteiger partial charge < -0.3 is 10.1 Å². The Morgan fingerprint density at radius 3 is 3.00 bits per heavy atom. The molecule has 4 nitrogen and oxygen atoms in total. The maximum Gasteiger partial charge on any atom is 0.242 e. The monoisotopic (exact) mass is 322 g/mol. The minimum absolute atomic E-state index is 0.0421. The number of nitrogens with zero attached hydrogens (tertiary/aromatic N) is 1. The van der Waals surface area contributed by atoms with Crippen molar-refractivity contribution in [2.75, 3.05) is 13.2 Å². The standard InChI is InChI=1S/C16H19FN2O2S/c1-16(11-5-4-9-21-10-8-11)14(20)19-15(22-16)18-13-7-3-2-6-12(13)17/h2-3,6-7,11H,4-5,8-10H2,1H3,(H,18,19,20). The van der Waals surface area contributed by atoms with Gasteiger partial charge in [0.25, 0.3) is 0 Å². The first-order valence-corrected chi connectivity index (χ1v) is 8.32. The van der Waals surface area contributed by atoms with Gasteiger partial charge in [-0.15, -0.1) is 0 Å². The van der Waals surface area contributed by atoms with E-state index in [-0.39, 0.29) is 23.3 Å². The van der Waals surface area contributed by atoms with Gasteiger partial charge in [-0.25, -0.2) is 9.38 Å². The van der Waals surface area contributed by atoms with Crippen LogP contribution in [0.25, 0.3) is 0 Å². The van der Waals surface area contributed by atoms with E-state index in [9.17, 15) is 9.18 Å². The summed E-state index contributed by atoms with van der Waals surface area (Å²) in [7, 11) is 0. The molecular formula is C16H19FN2O2S. The fraction of sp³-hybridized carbons (Fsp3) is 0.500. The molecule has 2 unspecified atom stereocenters. The molecule has 1 N–H and O–H groups in total. The van der Waals surface area contributed by atoms with Crippen LogP contribution in [0.1, 0.15) is 26.2 Å². The molecule has 22 heavy (non-hydrogen) atoms. The Morgan fingerprint density at radius 2 is 2.18 bits per heavy atom. The Morgan fingerprint density at radius 1 is 1.36 bits per heavy atom. The van der Waals surface area contributed by atoms with Crippen molar-refractivity contribution in [2.24, 2.45) is 10.9 Å². The number of thioether (sulfide) groups is 1. The Hall–Kier alpha value is -1.40. The number of amidine groups is 1. The first-order chi connectivity index (χ1) is 10.6. The van der Waals surface area contributed by atoms with Gasteiger partial charge in [0, 0.05) is 13.2 Å². The third kappa shape index (κ3) is 3.03. The van der Waals surface area contributed by atoms with Crippen LogP contribution in [-0.2, 0) is 9.53 Å². The van der Waals surface area contributed by atoms with Gasteiger partial charge in [0.05, 0.1) is 0 Å². The number of ether oxygens (including phenoxy) is 1. The molecule has 0 radical (unpaired) electrons. The summed E-state index contributed by atoms with van der Waals surface area (Å²) in [4.78, 5) is 16.7. The molecular weight excluding hydrogens is 303 g/mol. The lowest BCUT2D eigenvalue weighted by Gasteiger charge is -2.28. The molecule has 0 saturated carbocycles. The minimum Gasteiger partial charge on any atom is -0.381 e. The highest BCUT2D eigenvalue weighted by Gasteiger charge is 2.48. The van der Waals surface area contributed by atoms with Crippen molar-refractivity contribution in [1.29, 1.82) is 0 Å². The number of hydrogen-bond acceptors (Lipinski definition) is 4. The number of carbonyl (C=O) groups excluding carboxylic acids is 1. The van der Waals surface area contributed by atoms with E-state index in [2.05, 4.69) is 10.3 Å². The molecule has 0 spiro atoms. The van der Waals surface area contributed by atoms with Crippen molar-refractivity contribution in [3.8, 4) is 0 Å². The van der Waals surface area contributed by atoms with Crippen LogP contribution in [0.15, 0.2) is 29.3 Å². The molecule has 2 aliphatic rings. The van der Waals surface area contributed by atoms with E-state index in [0.717, 1.165) is 25.9 Å². The number of halogens is 1. The molecule has 1 amide bonds. The van der Waals surface area contributed by atoms with Crippen molar-refractivity contribution < 1.29 is 13.9 Å². The lowest BCUT2D eigenvalue weighted by atomic mass is 9.86. The molecule has 0 aromatic heterocycles. The van der Waals surface area contributed by atoms with Crippen LogP contribution in [0.3, 0.4) is 0 Å². The second-order valence-corrected chi connectivity index (χ2v) is 7.21. The second kappa shape index (κ2) is 6.38. The van der Waals surface area contributed by atoms with Crippen LogP contribution in [0.5, 0.6) is 0 Å². The molecule has 0 aliphatic carbocycles. The fourth-order valence-electron chi connectivity index (χ4n) is 2.92. The van der Waals surface area contributed by atoms with Crippen LogP contribution in [0.2, 0.25) is 0 Å².